The van der Waals surface area contributed by atoms with Crippen LogP contribution in [-0.4, -0.2) is 0 Å². The molecule has 0 saturated heterocycles. The Hall–Kier alpha value is -1.91. The van der Waals surface area contributed by atoms with E-state index in [2.05, 4.69) is 84.9 Å². The van der Waals surface area contributed by atoms with Gasteiger partial charge >= 0.3 is 0 Å². The summed E-state index contributed by atoms with van der Waals surface area (Å²) < 4.78 is 0. The molecule has 3 aromatic carbocycles. The highest BCUT2D eigenvalue weighted by atomic mass is 31.1. The van der Waals surface area contributed by atoms with E-state index in [9.17, 15) is 0 Å². The quantitative estimate of drug-likeness (QED) is 0.523. The molecule has 0 bridgehead atoms. The minimum atomic E-state index is -0.494. The lowest BCUT2D eigenvalue weighted by Crippen LogP contribution is -2.24. The summed E-state index contributed by atoms with van der Waals surface area (Å²) in [6.45, 7) is 0. The molecule has 0 radical (unpaired) electrons. The summed E-state index contributed by atoms with van der Waals surface area (Å²) in [5, 5.41) is 4.44. The number of benzene rings is 3. The molecule has 0 aromatic heterocycles. The van der Waals surface area contributed by atoms with Crippen LogP contribution in [0.15, 0.2) is 84.9 Å². The van der Waals surface area contributed by atoms with Crippen molar-refractivity contribution < 1.29 is 0 Å². The summed E-state index contributed by atoms with van der Waals surface area (Å²) in [5.41, 5.74) is 1.57. The Morgan fingerprint density at radius 1 is 0.615 bits per heavy atom. The number of hydrogen-bond donors (Lipinski definition) is 0. The second kappa shape index (κ2) is 8.65. The molecule has 0 nitrogen and oxygen atoms in total. The van der Waals surface area contributed by atoms with Crippen LogP contribution >= 0.6 is 7.92 Å². The Labute approximate surface area is 159 Å². The maximum absolute atomic E-state index is 2.38. The van der Waals surface area contributed by atoms with Gasteiger partial charge < -0.3 is 0 Å². The van der Waals surface area contributed by atoms with Crippen molar-refractivity contribution in [1.29, 1.82) is 0 Å². The average molecular weight is 358 g/mol. The summed E-state index contributed by atoms with van der Waals surface area (Å²) in [4.78, 5) is 0. The summed E-state index contributed by atoms with van der Waals surface area (Å²) >= 11 is 0. The van der Waals surface area contributed by atoms with Crippen molar-refractivity contribution in [3.05, 3.63) is 90.5 Å². The van der Waals surface area contributed by atoms with E-state index in [0.717, 1.165) is 5.92 Å². The zero-order valence-corrected chi connectivity index (χ0v) is 16.2. The normalized spacial score (nSPS) is 15.3. The Kier molecular flexibility index (Phi) is 5.82. The van der Waals surface area contributed by atoms with Gasteiger partial charge in [0.05, 0.1) is 0 Å². The third-order valence-corrected chi connectivity index (χ3v) is 8.04. The van der Waals surface area contributed by atoms with Gasteiger partial charge in [0.25, 0.3) is 0 Å². The van der Waals surface area contributed by atoms with Crippen LogP contribution in [0.3, 0.4) is 0 Å². The SMILES string of the molecule is c1ccc(P(c2ccccc2)c2ccccc2CC2CCCCC2)cc1. The van der Waals surface area contributed by atoms with Gasteiger partial charge in [0.15, 0.2) is 0 Å². The van der Waals surface area contributed by atoms with Crippen LogP contribution < -0.4 is 15.9 Å². The van der Waals surface area contributed by atoms with Crippen LogP contribution in [0, 0.1) is 5.92 Å². The summed E-state index contributed by atoms with van der Waals surface area (Å²) in [6.07, 6.45) is 8.32. The second-order valence-electron chi connectivity index (χ2n) is 7.34. The molecule has 4 rings (SSSR count). The maximum Gasteiger partial charge on any atom is -0.0119 e. The fourth-order valence-corrected chi connectivity index (χ4v) is 6.67. The van der Waals surface area contributed by atoms with Gasteiger partial charge in [0.2, 0.25) is 0 Å². The summed E-state index contributed by atoms with van der Waals surface area (Å²) in [5.74, 6) is 0.869. The van der Waals surface area contributed by atoms with E-state index in [-0.39, 0.29) is 0 Å². The molecule has 3 aromatic rings. The molecule has 1 fully saturated rings. The number of rotatable bonds is 5. The standard InChI is InChI=1S/C25H27P/c1-4-12-21(13-5-1)20-22-14-10-11-19-25(22)26(23-15-6-2-7-16-23)24-17-8-3-9-18-24/h2-3,6-11,14-19,21H,1,4-5,12-13,20H2. The Bertz CT molecular complexity index is 764. The monoisotopic (exact) mass is 358 g/mol. The first-order chi connectivity index (χ1) is 12.9. The lowest BCUT2D eigenvalue weighted by molar-refractivity contribution is 0.357. The van der Waals surface area contributed by atoms with Crippen molar-refractivity contribution in [3.8, 4) is 0 Å². The van der Waals surface area contributed by atoms with Crippen molar-refractivity contribution in [2.24, 2.45) is 5.92 Å². The van der Waals surface area contributed by atoms with Crippen molar-refractivity contribution >= 4 is 23.8 Å². The summed E-state index contributed by atoms with van der Waals surface area (Å²) in [7, 11) is -0.494. The summed E-state index contributed by atoms with van der Waals surface area (Å²) in [6, 6.07) is 31.4. The minimum Gasteiger partial charge on any atom is -0.0622 e. The first-order valence-corrected chi connectivity index (χ1v) is 11.2. The molecule has 0 N–H and O–H groups in total. The largest absolute Gasteiger partial charge is 0.0622 e. The van der Waals surface area contributed by atoms with Crippen LogP contribution in [0.2, 0.25) is 0 Å². The van der Waals surface area contributed by atoms with Crippen LogP contribution in [0.5, 0.6) is 0 Å². The highest BCUT2D eigenvalue weighted by Gasteiger charge is 2.21. The second-order valence-corrected chi connectivity index (χ2v) is 9.53. The van der Waals surface area contributed by atoms with E-state index in [4.69, 9.17) is 0 Å². The van der Waals surface area contributed by atoms with Gasteiger partial charge in [-0.25, -0.2) is 0 Å². The molecular weight excluding hydrogens is 331 g/mol. The van der Waals surface area contributed by atoms with Crippen LogP contribution in [0.1, 0.15) is 37.7 Å². The molecule has 0 unspecified atom stereocenters. The predicted molar refractivity (Wildman–Crippen MR) is 115 cm³/mol. The molecule has 0 atom stereocenters. The first kappa shape index (κ1) is 17.5. The Balaban J connectivity index is 1.74. The van der Waals surface area contributed by atoms with Crippen LogP contribution in [-0.2, 0) is 6.42 Å². The topological polar surface area (TPSA) is 0 Å². The van der Waals surface area contributed by atoms with Gasteiger partial charge in [-0.1, -0.05) is 117 Å². The average Bonchev–Trinajstić information content (AvgIpc) is 2.72. The van der Waals surface area contributed by atoms with Crippen molar-refractivity contribution in [2.45, 2.75) is 38.5 Å². The van der Waals surface area contributed by atoms with E-state index in [1.807, 2.05) is 0 Å². The van der Waals surface area contributed by atoms with Gasteiger partial charge in [-0.2, -0.15) is 0 Å². The van der Waals surface area contributed by atoms with Crippen LogP contribution in [0.25, 0.3) is 0 Å². The molecule has 132 valence electrons. The molecule has 1 saturated carbocycles. The van der Waals surface area contributed by atoms with E-state index >= 15 is 0 Å². The predicted octanol–water partition coefficient (Wildman–Crippen LogP) is 5.57. The highest BCUT2D eigenvalue weighted by molar-refractivity contribution is 7.79. The first-order valence-electron chi connectivity index (χ1n) is 9.90. The third-order valence-electron chi connectivity index (χ3n) is 5.49. The molecule has 1 aliphatic carbocycles. The molecule has 0 aliphatic heterocycles. The molecular formula is C25H27P. The minimum absolute atomic E-state index is 0.494. The van der Waals surface area contributed by atoms with E-state index in [1.165, 1.54) is 49.1 Å². The maximum atomic E-state index is 2.38. The molecule has 0 spiro atoms. The zero-order valence-electron chi connectivity index (χ0n) is 15.4. The smallest absolute Gasteiger partial charge is 0.0119 e. The van der Waals surface area contributed by atoms with E-state index in [0.29, 0.717) is 0 Å². The van der Waals surface area contributed by atoms with Gasteiger partial charge in [-0.3, -0.25) is 0 Å². The Morgan fingerprint density at radius 3 is 1.77 bits per heavy atom. The van der Waals surface area contributed by atoms with Crippen LogP contribution in [0.4, 0.5) is 0 Å². The van der Waals surface area contributed by atoms with Crippen molar-refractivity contribution in [3.63, 3.8) is 0 Å². The third kappa shape index (κ3) is 4.08. The van der Waals surface area contributed by atoms with E-state index < -0.39 is 7.92 Å². The van der Waals surface area contributed by atoms with Gasteiger partial charge in [0, 0.05) is 0 Å². The van der Waals surface area contributed by atoms with Crippen molar-refractivity contribution in [1.82, 2.24) is 0 Å². The molecule has 0 amide bonds. The fraction of sp³-hybridized carbons (Fsp3) is 0.280. The lowest BCUT2D eigenvalue weighted by atomic mass is 9.85. The van der Waals surface area contributed by atoms with Gasteiger partial charge in [-0.15, -0.1) is 0 Å². The fourth-order valence-electron chi connectivity index (χ4n) is 4.19. The van der Waals surface area contributed by atoms with Gasteiger partial charge in [0.1, 0.15) is 0 Å². The number of hydrogen-bond acceptors (Lipinski definition) is 0. The lowest BCUT2D eigenvalue weighted by Gasteiger charge is -2.26. The molecule has 1 aliphatic rings. The molecule has 1 heteroatoms. The van der Waals surface area contributed by atoms with Gasteiger partial charge in [-0.05, 0) is 41.7 Å². The Morgan fingerprint density at radius 2 is 1.15 bits per heavy atom. The van der Waals surface area contributed by atoms with E-state index in [1.54, 1.807) is 10.9 Å². The zero-order chi connectivity index (χ0) is 17.6. The highest BCUT2D eigenvalue weighted by Crippen LogP contribution is 2.35. The molecule has 0 heterocycles. The molecule has 26 heavy (non-hydrogen) atoms. The van der Waals surface area contributed by atoms with Crippen molar-refractivity contribution in [2.75, 3.05) is 0 Å².